The van der Waals surface area contributed by atoms with E-state index >= 15 is 0 Å². The van der Waals surface area contributed by atoms with Crippen LogP contribution in [-0.4, -0.2) is 48.2 Å². The molecule has 2 amide bonds. The molecule has 2 saturated heterocycles. The minimum Gasteiger partial charge on any atom is -0.410 e. The van der Waals surface area contributed by atoms with Crippen molar-refractivity contribution in [3.63, 3.8) is 0 Å². The van der Waals surface area contributed by atoms with E-state index in [0.717, 1.165) is 50.1 Å². The van der Waals surface area contributed by atoms with Crippen LogP contribution >= 0.6 is 0 Å². The number of carbonyl (C=O) groups is 2. The van der Waals surface area contributed by atoms with Crippen LogP contribution in [0.15, 0.2) is 48.5 Å². The fourth-order valence-corrected chi connectivity index (χ4v) is 3.37. The summed E-state index contributed by atoms with van der Waals surface area (Å²) in [7, 11) is 0. The number of benzene rings is 2. The van der Waals surface area contributed by atoms with E-state index in [4.69, 9.17) is 9.47 Å². The van der Waals surface area contributed by atoms with Gasteiger partial charge in [0.15, 0.2) is 0 Å². The van der Waals surface area contributed by atoms with Gasteiger partial charge in [-0.3, -0.25) is 0 Å². The summed E-state index contributed by atoms with van der Waals surface area (Å²) in [5, 5.41) is 0. The summed E-state index contributed by atoms with van der Waals surface area (Å²) < 4.78 is 10.8. The summed E-state index contributed by atoms with van der Waals surface area (Å²) in [5.74, 6) is 1.10. The predicted octanol–water partition coefficient (Wildman–Crippen LogP) is 4.42. The van der Waals surface area contributed by atoms with E-state index in [1.54, 1.807) is 9.80 Å². The monoisotopic (exact) mass is 394 g/mol. The van der Waals surface area contributed by atoms with Crippen LogP contribution in [0.4, 0.5) is 9.59 Å². The SMILES string of the molecule is CC(C)(c1ccc(OC(=O)N2CCC2)cc1)c1ccc(OC(=O)N2CCC2)cc1. The van der Waals surface area contributed by atoms with Gasteiger partial charge in [-0.25, -0.2) is 9.59 Å². The predicted molar refractivity (Wildman–Crippen MR) is 109 cm³/mol. The standard InChI is InChI=1S/C23H26N2O4/c1-23(2,17-5-9-19(10-6-17)28-21(26)24-13-3-14-24)18-7-11-20(12-8-18)29-22(27)25-15-4-16-25/h5-12H,3-4,13-16H2,1-2H3. The van der Waals surface area contributed by atoms with Crippen LogP contribution in [0.5, 0.6) is 11.5 Å². The first-order valence-electron chi connectivity index (χ1n) is 10.1. The van der Waals surface area contributed by atoms with Crippen LogP contribution in [-0.2, 0) is 5.41 Å². The maximum absolute atomic E-state index is 11.9. The van der Waals surface area contributed by atoms with Gasteiger partial charge in [0.2, 0.25) is 0 Å². The molecule has 6 heteroatoms. The highest BCUT2D eigenvalue weighted by atomic mass is 16.6. The lowest BCUT2D eigenvalue weighted by molar-refractivity contribution is 0.124. The first kappa shape index (κ1) is 19.3. The number of nitrogens with zero attached hydrogens (tertiary/aromatic N) is 2. The van der Waals surface area contributed by atoms with Crippen molar-refractivity contribution >= 4 is 12.2 Å². The fourth-order valence-electron chi connectivity index (χ4n) is 3.37. The molecule has 0 unspecified atom stereocenters. The maximum Gasteiger partial charge on any atom is 0.415 e. The molecule has 2 aliphatic heterocycles. The van der Waals surface area contributed by atoms with Crippen molar-refractivity contribution in [2.75, 3.05) is 26.2 Å². The Bertz CT molecular complexity index is 809. The first-order valence-corrected chi connectivity index (χ1v) is 10.1. The summed E-state index contributed by atoms with van der Waals surface area (Å²) in [5.41, 5.74) is 1.96. The van der Waals surface area contributed by atoms with Gasteiger partial charge in [0, 0.05) is 31.6 Å². The maximum atomic E-state index is 11.9. The first-order chi connectivity index (χ1) is 13.9. The van der Waals surface area contributed by atoms with Gasteiger partial charge < -0.3 is 19.3 Å². The molecule has 2 aliphatic rings. The van der Waals surface area contributed by atoms with E-state index in [9.17, 15) is 9.59 Å². The minimum atomic E-state index is -0.286. The van der Waals surface area contributed by atoms with Crippen molar-refractivity contribution in [1.29, 1.82) is 0 Å². The lowest BCUT2D eigenvalue weighted by Crippen LogP contribution is -2.43. The van der Waals surface area contributed by atoms with Crippen LogP contribution in [0.1, 0.15) is 37.8 Å². The second-order valence-electron chi connectivity index (χ2n) is 8.09. The van der Waals surface area contributed by atoms with Crippen LogP contribution < -0.4 is 9.47 Å². The van der Waals surface area contributed by atoms with Crippen molar-refractivity contribution in [2.24, 2.45) is 0 Å². The third kappa shape index (κ3) is 4.06. The quantitative estimate of drug-likeness (QED) is 0.770. The molecule has 29 heavy (non-hydrogen) atoms. The van der Waals surface area contributed by atoms with Gasteiger partial charge >= 0.3 is 12.2 Å². The molecule has 0 saturated carbocycles. The number of carbonyl (C=O) groups excluding carboxylic acids is 2. The zero-order valence-corrected chi connectivity index (χ0v) is 16.9. The van der Waals surface area contributed by atoms with Gasteiger partial charge in [0.1, 0.15) is 11.5 Å². The van der Waals surface area contributed by atoms with E-state index in [1.165, 1.54) is 0 Å². The number of likely N-dealkylation sites (tertiary alicyclic amines) is 2. The molecular formula is C23H26N2O4. The lowest BCUT2D eigenvalue weighted by atomic mass is 9.78. The van der Waals surface area contributed by atoms with Crippen LogP contribution in [0.2, 0.25) is 0 Å². The van der Waals surface area contributed by atoms with Gasteiger partial charge in [-0.05, 0) is 48.2 Å². The van der Waals surface area contributed by atoms with Crippen LogP contribution in [0.3, 0.4) is 0 Å². The summed E-state index contributed by atoms with van der Waals surface area (Å²) in [6, 6.07) is 15.3. The molecule has 152 valence electrons. The van der Waals surface area contributed by atoms with Crippen molar-refractivity contribution in [3.05, 3.63) is 59.7 Å². The lowest BCUT2D eigenvalue weighted by Gasteiger charge is -2.30. The van der Waals surface area contributed by atoms with Gasteiger partial charge in [-0.2, -0.15) is 0 Å². The van der Waals surface area contributed by atoms with Crippen molar-refractivity contribution in [1.82, 2.24) is 9.80 Å². The molecule has 2 fully saturated rings. The van der Waals surface area contributed by atoms with E-state index in [2.05, 4.69) is 13.8 Å². The van der Waals surface area contributed by atoms with Crippen molar-refractivity contribution in [2.45, 2.75) is 32.1 Å². The van der Waals surface area contributed by atoms with Crippen LogP contribution in [0.25, 0.3) is 0 Å². The Morgan fingerprint density at radius 2 is 1.03 bits per heavy atom. The highest BCUT2D eigenvalue weighted by Crippen LogP contribution is 2.33. The van der Waals surface area contributed by atoms with Gasteiger partial charge in [0.25, 0.3) is 0 Å². The van der Waals surface area contributed by atoms with E-state index in [1.807, 2.05) is 48.5 Å². The molecule has 0 spiro atoms. The zero-order valence-electron chi connectivity index (χ0n) is 16.9. The summed E-state index contributed by atoms with van der Waals surface area (Å²) in [6.45, 7) is 7.35. The van der Waals surface area contributed by atoms with E-state index in [-0.39, 0.29) is 17.6 Å². The smallest absolute Gasteiger partial charge is 0.410 e. The van der Waals surface area contributed by atoms with Crippen LogP contribution in [0, 0.1) is 0 Å². The molecule has 0 bridgehead atoms. The Morgan fingerprint density at radius 1 is 0.690 bits per heavy atom. The van der Waals surface area contributed by atoms with Gasteiger partial charge in [-0.1, -0.05) is 38.1 Å². The zero-order chi connectivity index (χ0) is 20.4. The number of hydrogen-bond donors (Lipinski definition) is 0. The number of rotatable bonds is 4. The minimum absolute atomic E-state index is 0.250. The highest BCUT2D eigenvalue weighted by Gasteiger charge is 2.26. The Kier molecular flexibility index (Phi) is 5.18. The average molecular weight is 394 g/mol. The van der Waals surface area contributed by atoms with Gasteiger partial charge in [-0.15, -0.1) is 0 Å². The van der Waals surface area contributed by atoms with E-state index < -0.39 is 0 Å². The molecule has 2 aromatic rings. The topological polar surface area (TPSA) is 59.1 Å². The summed E-state index contributed by atoms with van der Waals surface area (Å²) >= 11 is 0. The molecule has 4 rings (SSSR count). The molecule has 2 heterocycles. The molecule has 0 N–H and O–H groups in total. The molecule has 0 aliphatic carbocycles. The average Bonchev–Trinajstić information content (AvgIpc) is 2.59. The largest absolute Gasteiger partial charge is 0.415 e. The second kappa shape index (κ2) is 7.78. The molecular weight excluding hydrogens is 368 g/mol. The molecule has 0 aromatic heterocycles. The van der Waals surface area contributed by atoms with E-state index in [0.29, 0.717) is 11.5 Å². The highest BCUT2D eigenvalue weighted by molar-refractivity contribution is 5.72. The summed E-state index contributed by atoms with van der Waals surface area (Å²) in [4.78, 5) is 27.2. The third-order valence-electron chi connectivity index (χ3n) is 5.79. The second-order valence-corrected chi connectivity index (χ2v) is 8.09. The van der Waals surface area contributed by atoms with Crippen molar-refractivity contribution in [3.8, 4) is 11.5 Å². The summed E-state index contributed by atoms with van der Waals surface area (Å²) in [6.07, 6.45) is 1.51. The molecule has 0 radical (unpaired) electrons. The normalized spacial score (nSPS) is 15.9. The number of hydrogen-bond acceptors (Lipinski definition) is 4. The Hall–Kier alpha value is -3.02. The Morgan fingerprint density at radius 3 is 1.31 bits per heavy atom. The number of ether oxygens (including phenoxy) is 2. The van der Waals surface area contributed by atoms with Gasteiger partial charge in [0.05, 0.1) is 0 Å². The molecule has 2 aromatic carbocycles. The molecule has 6 nitrogen and oxygen atoms in total. The Balaban J connectivity index is 1.41. The third-order valence-corrected chi connectivity index (χ3v) is 5.79. The fraction of sp³-hybridized carbons (Fsp3) is 0.391. The Labute approximate surface area is 171 Å². The molecule has 0 atom stereocenters. The van der Waals surface area contributed by atoms with Crippen molar-refractivity contribution < 1.29 is 19.1 Å². The number of amides is 2.